The number of pyridine rings is 1. The van der Waals surface area contributed by atoms with E-state index < -0.39 is 0 Å². The van der Waals surface area contributed by atoms with E-state index >= 15 is 0 Å². The summed E-state index contributed by atoms with van der Waals surface area (Å²) < 4.78 is 0. The lowest BCUT2D eigenvalue weighted by Crippen LogP contribution is -1.93. The van der Waals surface area contributed by atoms with Crippen LogP contribution < -0.4 is 0 Å². The molecule has 1 nitrogen and oxygen atoms in total. The highest BCUT2D eigenvalue weighted by atomic mass is 14.6. The highest BCUT2D eigenvalue weighted by Gasteiger charge is 2.04. The molecule has 0 saturated heterocycles. The molecular weight excluding hydrogens is 170 g/mol. The van der Waals surface area contributed by atoms with Gasteiger partial charge in [-0.3, -0.25) is 4.98 Å². The van der Waals surface area contributed by atoms with Crippen molar-refractivity contribution in [3.8, 4) is 0 Å². The molecule has 0 aliphatic rings. The minimum atomic E-state index is 0.395. The van der Waals surface area contributed by atoms with Gasteiger partial charge in [0.1, 0.15) is 0 Å². The van der Waals surface area contributed by atoms with Crippen LogP contribution >= 0.6 is 0 Å². The minimum absolute atomic E-state index is 0.395. The lowest BCUT2D eigenvalue weighted by molar-refractivity contribution is 0.855. The largest absolute Gasteiger partial charge is 0.264 e. The summed E-state index contributed by atoms with van der Waals surface area (Å²) in [4.78, 5) is 4.11. The van der Waals surface area contributed by atoms with Crippen molar-refractivity contribution < 1.29 is 0 Å². The van der Waals surface area contributed by atoms with Crippen molar-refractivity contribution in [1.82, 2.24) is 4.98 Å². The van der Waals surface area contributed by atoms with Crippen LogP contribution in [-0.2, 0) is 0 Å². The van der Waals surface area contributed by atoms with Gasteiger partial charge >= 0.3 is 0 Å². The van der Waals surface area contributed by atoms with Crippen LogP contribution in [0.4, 0.5) is 0 Å². The second-order valence-corrected chi connectivity index (χ2v) is 3.24. The molecule has 1 heterocycles. The monoisotopic (exact) mass is 187 g/mol. The smallest absolute Gasteiger partial charge is 0.0305 e. The summed E-state index contributed by atoms with van der Waals surface area (Å²) >= 11 is 0. The van der Waals surface area contributed by atoms with E-state index in [2.05, 4.69) is 36.7 Å². The van der Waals surface area contributed by atoms with Gasteiger partial charge in [-0.15, -0.1) is 6.58 Å². The molecule has 74 valence electrons. The van der Waals surface area contributed by atoms with E-state index in [0.717, 1.165) is 12.8 Å². The van der Waals surface area contributed by atoms with E-state index in [4.69, 9.17) is 0 Å². The second-order valence-electron chi connectivity index (χ2n) is 3.24. The molecule has 0 aliphatic carbocycles. The quantitative estimate of drug-likeness (QED) is 0.640. The van der Waals surface area contributed by atoms with Crippen molar-refractivity contribution in [1.29, 1.82) is 0 Å². The normalized spacial score (nSPS) is 12.9. The first-order valence-corrected chi connectivity index (χ1v) is 5.06. The Labute approximate surface area is 86.2 Å². The molecule has 0 aromatic carbocycles. The zero-order valence-corrected chi connectivity index (χ0v) is 8.69. The number of aromatic nitrogens is 1. The molecule has 0 saturated carbocycles. The Hall–Kier alpha value is -1.37. The third kappa shape index (κ3) is 3.17. The number of hydrogen-bond donors (Lipinski definition) is 0. The first-order chi connectivity index (χ1) is 6.88. The average molecular weight is 187 g/mol. The second kappa shape index (κ2) is 6.14. The van der Waals surface area contributed by atoms with E-state index in [-0.39, 0.29) is 0 Å². The van der Waals surface area contributed by atoms with Crippen LogP contribution in [0.25, 0.3) is 0 Å². The molecule has 1 aromatic rings. The summed E-state index contributed by atoms with van der Waals surface area (Å²) in [5.41, 5.74) is 1.24. The Kier molecular flexibility index (Phi) is 4.70. The fourth-order valence-electron chi connectivity index (χ4n) is 1.37. The maximum Gasteiger partial charge on any atom is 0.0305 e. The molecule has 0 aliphatic heterocycles. The first kappa shape index (κ1) is 10.7. The van der Waals surface area contributed by atoms with Crippen LogP contribution in [0.5, 0.6) is 0 Å². The van der Waals surface area contributed by atoms with E-state index in [1.807, 2.05) is 18.3 Å². The number of allylic oxidation sites excluding steroid dienone is 3. The predicted octanol–water partition coefficient (Wildman–Crippen LogP) is 3.71. The van der Waals surface area contributed by atoms with Crippen molar-refractivity contribution in [3.63, 3.8) is 0 Å². The van der Waals surface area contributed by atoms with Crippen molar-refractivity contribution >= 4 is 0 Å². The molecule has 1 unspecified atom stereocenters. The fraction of sp³-hybridized carbons (Fsp3) is 0.308. The number of rotatable bonds is 5. The molecule has 1 aromatic heterocycles. The van der Waals surface area contributed by atoms with E-state index in [9.17, 15) is 0 Å². The maximum atomic E-state index is 4.11. The van der Waals surface area contributed by atoms with Crippen molar-refractivity contribution in [2.75, 3.05) is 0 Å². The van der Waals surface area contributed by atoms with Gasteiger partial charge in [-0.25, -0.2) is 0 Å². The van der Waals surface area contributed by atoms with Gasteiger partial charge in [-0.1, -0.05) is 31.2 Å². The molecule has 0 bridgehead atoms. The average Bonchev–Trinajstić information content (AvgIpc) is 2.26. The molecule has 1 atom stereocenters. The third-order valence-electron chi connectivity index (χ3n) is 2.19. The standard InChI is InChI=1S/C13H17N/c1-3-5-6-8-12(4-2)13-9-7-10-14-11-13/h4-7,9-12H,2-3,8H2,1H3/b6-5-. The van der Waals surface area contributed by atoms with Crippen LogP contribution in [0.1, 0.15) is 31.2 Å². The Balaban J connectivity index is 2.63. The fourth-order valence-corrected chi connectivity index (χ4v) is 1.37. The Morgan fingerprint density at radius 3 is 2.93 bits per heavy atom. The van der Waals surface area contributed by atoms with Crippen LogP contribution in [0.2, 0.25) is 0 Å². The number of nitrogens with zero attached hydrogens (tertiary/aromatic N) is 1. The summed E-state index contributed by atoms with van der Waals surface area (Å²) in [5, 5.41) is 0. The molecule has 1 heteroatoms. The SMILES string of the molecule is C=CC(C/C=C\CC)c1cccnc1. The molecule has 1 rings (SSSR count). The van der Waals surface area contributed by atoms with E-state index in [0.29, 0.717) is 5.92 Å². The topological polar surface area (TPSA) is 12.9 Å². The highest BCUT2D eigenvalue weighted by molar-refractivity contribution is 5.20. The van der Waals surface area contributed by atoms with Gasteiger partial charge in [0, 0.05) is 18.3 Å². The Bertz CT molecular complexity index is 287. The van der Waals surface area contributed by atoms with Gasteiger partial charge < -0.3 is 0 Å². The van der Waals surface area contributed by atoms with Crippen LogP contribution in [0, 0.1) is 0 Å². The maximum absolute atomic E-state index is 4.11. The van der Waals surface area contributed by atoms with Crippen molar-refractivity contribution in [2.24, 2.45) is 0 Å². The summed E-state index contributed by atoms with van der Waals surface area (Å²) in [6, 6.07) is 4.06. The van der Waals surface area contributed by atoms with Gasteiger partial charge in [-0.2, -0.15) is 0 Å². The van der Waals surface area contributed by atoms with Gasteiger partial charge in [0.2, 0.25) is 0 Å². The predicted molar refractivity (Wildman–Crippen MR) is 61.2 cm³/mol. The van der Waals surface area contributed by atoms with Gasteiger partial charge in [-0.05, 0) is 24.5 Å². The molecule has 14 heavy (non-hydrogen) atoms. The molecule has 0 radical (unpaired) electrons. The summed E-state index contributed by atoms with van der Waals surface area (Å²) in [5.74, 6) is 0.395. The lowest BCUT2D eigenvalue weighted by Gasteiger charge is -2.08. The van der Waals surface area contributed by atoms with Crippen molar-refractivity contribution in [2.45, 2.75) is 25.7 Å². The summed E-state index contributed by atoms with van der Waals surface area (Å²) in [6.07, 6.45) is 12.2. The van der Waals surface area contributed by atoms with Crippen LogP contribution in [0.3, 0.4) is 0 Å². The molecule has 0 amide bonds. The summed E-state index contributed by atoms with van der Waals surface area (Å²) in [6.45, 7) is 6.00. The van der Waals surface area contributed by atoms with Crippen LogP contribution in [-0.4, -0.2) is 4.98 Å². The van der Waals surface area contributed by atoms with E-state index in [1.165, 1.54) is 5.56 Å². The van der Waals surface area contributed by atoms with Crippen molar-refractivity contribution in [3.05, 3.63) is 54.9 Å². The van der Waals surface area contributed by atoms with Gasteiger partial charge in [0.25, 0.3) is 0 Å². The minimum Gasteiger partial charge on any atom is -0.264 e. The molecule has 0 spiro atoms. The zero-order valence-electron chi connectivity index (χ0n) is 8.69. The summed E-state index contributed by atoms with van der Waals surface area (Å²) in [7, 11) is 0. The Morgan fingerprint density at radius 2 is 2.36 bits per heavy atom. The molecule has 0 fully saturated rings. The van der Waals surface area contributed by atoms with Gasteiger partial charge in [0.15, 0.2) is 0 Å². The third-order valence-corrected chi connectivity index (χ3v) is 2.19. The number of hydrogen-bond acceptors (Lipinski definition) is 1. The highest BCUT2D eigenvalue weighted by Crippen LogP contribution is 2.19. The Morgan fingerprint density at radius 1 is 1.50 bits per heavy atom. The van der Waals surface area contributed by atoms with Crippen LogP contribution in [0.15, 0.2) is 49.3 Å². The zero-order chi connectivity index (χ0) is 10.2. The first-order valence-electron chi connectivity index (χ1n) is 5.06. The molecule has 0 N–H and O–H groups in total. The van der Waals surface area contributed by atoms with Gasteiger partial charge in [0.05, 0.1) is 0 Å². The molecular formula is C13H17N. The van der Waals surface area contributed by atoms with E-state index in [1.54, 1.807) is 6.20 Å². The lowest BCUT2D eigenvalue weighted by atomic mass is 9.97.